The number of nitrogens with one attached hydrogen (secondary N) is 1. The van der Waals surface area contributed by atoms with E-state index in [1.165, 1.54) is 24.4 Å². The van der Waals surface area contributed by atoms with Gasteiger partial charge in [0.15, 0.2) is 5.82 Å². The Morgan fingerprint density at radius 2 is 2.07 bits per heavy atom. The quantitative estimate of drug-likeness (QED) is 0.260. The minimum Gasteiger partial charge on any atom is -0.508 e. The number of aliphatic hydroxyl groups is 1. The molecule has 3 N–H and O–H groups in total. The van der Waals surface area contributed by atoms with E-state index in [1.54, 1.807) is 13.0 Å². The van der Waals surface area contributed by atoms with Gasteiger partial charge in [0.1, 0.15) is 41.4 Å². The lowest BCUT2D eigenvalue weighted by Crippen LogP contribution is -2.43. The Kier molecular flexibility index (Phi) is 7.46. The van der Waals surface area contributed by atoms with E-state index < -0.39 is 29.4 Å². The number of phenolic OH excluding ortho intramolecular Hbond substituents is 1. The van der Waals surface area contributed by atoms with Gasteiger partial charge in [-0.05, 0) is 60.3 Å². The number of nitrogens with zero attached hydrogens (tertiary/aromatic N) is 4. The Hall–Kier alpha value is -3.74. The van der Waals surface area contributed by atoms with Crippen molar-refractivity contribution in [3.8, 4) is 23.0 Å². The normalized spacial score (nSPS) is 25.2. The number of aromatic nitrogens is 3. The minimum absolute atomic E-state index is 0.0766. The van der Waals surface area contributed by atoms with Crippen LogP contribution < -0.4 is 10.1 Å². The van der Waals surface area contributed by atoms with Gasteiger partial charge in [-0.25, -0.2) is 13.2 Å². The molecule has 3 aliphatic rings. The van der Waals surface area contributed by atoms with Crippen LogP contribution >= 0.6 is 0 Å². The number of aliphatic hydroxyl groups excluding tert-OH is 1. The van der Waals surface area contributed by atoms with Gasteiger partial charge in [0, 0.05) is 37.2 Å². The van der Waals surface area contributed by atoms with Crippen LogP contribution in [-0.2, 0) is 11.2 Å². The van der Waals surface area contributed by atoms with Gasteiger partial charge in [0.25, 0.3) is 0 Å². The van der Waals surface area contributed by atoms with Crippen molar-refractivity contribution in [2.45, 2.75) is 50.4 Å². The van der Waals surface area contributed by atoms with Crippen molar-refractivity contribution in [3.05, 3.63) is 47.7 Å². The highest BCUT2D eigenvalue weighted by Crippen LogP contribution is 2.41. The fraction of sp³-hybridized carbons (Fsp3) is 0.469. The van der Waals surface area contributed by atoms with Crippen LogP contribution in [0.2, 0.25) is 0 Å². The van der Waals surface area contributed by atoms with Crippen molar-refractivity contribution in [2.24, 2.45) is 5.92 Å². The van der Waals surface area contributed by atoms with Gasteiger partial charge in [0.05, 0.1) is 30.2 Å². The third-order valence-electron chi connectivity index (χ3n) is 9.35. The topological polar surface area (TPSA) is 113 Å². The summed E-state index contributed by atoms with van der Waals surface area (Å²) in [6.07, 6.45) is 2.28. The molecule has 3 fully saturated rings. The van der Waals surface area contributed by atoms with Crippen LogP contribution in [0.1, 0.15) is 31.7 Å². The third-order valence-corrected chi connectivity index (χ3v) is 9.35. The highest BCUT2D eigenvalue weighted by molar-refractivity contribution is 6.01. The number of alkyl halides is 1. The van der Waals surface area contributed by atoms with Gasteiger partial charge in [-0.3, -0.25) is 9.88 Å². The zero-order valence-corrected chi connectivity index (χ0v) is 24.3. The Labute approximate surface area is 252 Å². The molecule has 44 heavy (non-hydrogen) atoms. The van der Waals surface area contributed by atoms with Crippen molar-refractivity contribution in [1.82, 2.24) is 19.9 Å². The fourth-order valence-corrected chi connectivity index (χ4v) is 7.11. The molecule has 2 aromatic heterocycles. The number of ether oxygens (including phenoxy) is 2. The van der Waals surface area contributed by atoms with E-state index in [0.717, 1.165) is 19.4 Å². The summed E-state index contributed by atoms with van der Waals surface area (Å²) in [7, 11) is 0. The molecule has 1 unspecified atom stereocenters. The van der Waals surface area contributed by atoms with Crippen molar-refractivity contribution in [3.63, 3.8) is 0 Å². The van der Waals surface area contributed by atoms with Crippen molar-refractivity contribution in [2.75, 3.05) is 44.8 Å². The van der Waals surface area contributed by atoms with Gasteiger partial charge < -0.3 is 25.0 Å². The monoisotopic (exact) mass is 609 g/mol. The molecule has 0 spiro atoms. The SMILES string of the molecule is CCc1c(F)ccc2cc(O)cc(-c3ncc4c(NC[C@H]5COC[C@H]5O)nc(OCC56CCCN5C[C@H](F)C6)nc4c3F)c12. The summed E-state index contributed by atoms with van der Waals surface area (Å²) in [5.41, 5.74) is -0.0243. The van der Waals surface area contributed by atoms with Gasteiger partial charge in [-0.15, -0.1) is 0 Å². The van der Waals surface area contributed by atoms with Crippen LogP contribution in [0.4, 0.5) is 19.0 Å². The van der Waals surface area contributed by atoms with E-state index in [2.05, 4.69) is 25.2 Å². The van der Waals surface area contributed by atoms with Gasteiger partial charge in [0.2, 0.25) is 0 Å². The number of pyridine rings is 1. The molecule has 232 valence electrons. The second-order valence-electron chi connectivity index (χ2n) is 12.1. The summed E-state index contributed by atoms with van der Waals surface area (Å²) in [5, 5.41) is 25.2. The number of rotatable bonds is 8. The molecule has 0 bridgehead atoms. The summed E-state index contributed by atoms with van der Waals surface area (Å²) < 4.78 is 57.3. The smallest absolute Gasteiger partial charge is 0.319 e. The molecular weight excluding hydrogens is 575 g/mol. The molecule has 7 rings (SSSR count). The molecule has 0 radical (unpaired) electrons. The maximum atomic E-state index is 16.6. The van der Waals surface area contributed by atoms with Gasteiger partial charge in [-0.1, -0.05) is 13.0 Å². The molecule has 3 aliphatic heterocycles. The molecule has 0 amide bonds. The molecule has 3 saturated heterocycles. The van der Waals surface area contributed by atoms with E-state index in [0.29, 0.717) is 48.9 Å². The lowest BCUT2D eigenvalue weighted by atomic mass is 9.94. The molecule has 4 atom stereocenters. The first-order valence-electron chi connectivity index (χ1n) is 15.1. The number of phenols is 1. The van der Waals surface area contributed by atoms with Crippen LogP contribution in [0, 0.1) is 17.6 Å². The summed E-state index contributed by atoms with van der Waals surface area (Å²) in [6.45, 7) is 4.01. The first kappa shape index (κ1) is 29.0. The van der Waals surface area contributed by atoms with Gasteiger partial charge >= 0.3 is 6.01 Å². The number of hydrogen-bond donors (Lipinski definition) is 3. The highest BCUT2D eigenvalue weighted by atomic mass is 19.1. The number of halogens is 3. The summed E-state index contributed by atoms with van der Waals surface area (Å²) >= 11 is 0. The Morgan fingerprint density at radius 1 is 1.20 bits per heavy atom. The minimum atomic E-state index is -0.935. The van der Waals surface area contributed by atoms with Crippen molar-refractivity contribution >= 4 is 27.5 Å². The van der Waals surface area contributed by atoms with E-state index in [4.69, 9.17) is 9.47 Å². The van der Waals surface area contributed by atoms with Crippen LogP contribution in [0.25, 0.3) is 32.9 Å². The number of hydrogen-bond acceptors (Lipinski definition) is 9. The van der Waals surface area contributed by atoms with Crippen molar-refractivity contribution < 1.29 is 32.9 Å². The van der Waals surface area contributed by atoms with Crippen LogP contribution in [0.5, 0.6) is 11.8 Å². The maximum Gasteiger partial charge on any atom is 0.319 e. The average molecular weight is 610 g/mol. The molecular formula is C32H34F3N5O4. The first-order chi connectivity index (χ1) is 21.3. The summed E-state index contributed by atoms with van der Waals surface area (Å²) in [4.78, 5) is 15.5. The number of aryl methyl sites for hydroxylation is 1. The van der Waals surface area contributed by atoms with E-state index in [1.807, 2.05) is 0 Å². The second kappa shape index (κ2) is 11.3. The zero-order valence-electron chi connectivity index (χ0n) is 24.3. The zero-order chi connectivity index (χ0) is 30.6. The lowest BCUT2D eigenvalue weighted by molar-refractivity contribution is 0.107. The maximum absolute atomic E-state index is 16.6. The molecule has 0 aliphatic carbocycles. The average Bonchev–Trinajstić information content (AvgIpc) is 3.68. The molecule has 2 aromatic carbocycles. The number of benzene rings is 2. The van der Waals surface area contributed by atoms with Crippen LogP contribution in [-0.4, -0.2) is 87.3 Å². The second-order valence-corrected chi connectivity index (χ2v) is 12.1. The molecule has 0 saturated carbocycles. The van der Waals surface area contributed by atoms with E-state index in [9.17, 15) is 19.0 Å². The standard InChI is InChI=1S/C32H34F3N5O4/c1-2-21-24(34)5-4-17-8-20(41)9-22(26(17)21)28-27(35)29-23(12-36-28)30(37-11-18-14-43-15-25(18)42)39-31(38-29)44-16-32-6-3-7-40(32)13-19(33)10-32/h4-5,8-9,12,18-19,25,41-42H,2-3,6-7,10-11,13-16H2,1H3,(H,37,38,39)/t18-,19+,25+,32?/m0/s1. The first-order valence-corrected chi connectivity index (χ1v) is 15.1. The van der Waals surface area contributed by atoms with E-state index >= 15 is 4.39 Å². The summed E-state index contributed by atoms with van der Waals surface area (Å²) in [6, 6.07) is 5.67. The fourth-order valence-electron chi connectivity index (χ4n) is 7.11. The van der Waals surface area contributed by atoms with Crippen LogP contribution in [0.15, 0.2) is 30.5 Å². The van der Waals surface area contributed by atoms with E-state index in [-0.39, 0.29) is 58.9 Å². The third kappa shape index (κ3) is 4.98. The Bertz CT molecular complexity index is 1740. The Balaban J connectivity index is 1.33. The summed E-state index contributed by atoms with van der Waals surface area (Å²) in [5.74, 6) is -1.27. The Morgan fingerprint density at radius 3 is 2.86 bits per heavy atom. The highest BCUT2D eigenvalue weighted by Gasteiger charge is 2.49. The molecule has 9 nitrogen and oxygen atoms in total. The number of fused-ring (bicyclic) bond motifs is 3. The lowest BCUT2D eigenvalue weighted by Gasteiger charge is -2.30. The predicted molar refractivity (Wildman–Crippen MR) is 159 cm³/mol. The largest absolute Gasteiger partial charge is 0.508 e. The molecule has 5 heterocycles. The predicted octanol–water partition coefficient (Wildman–Crippen LogP) is 4.77. The molecule has 12 heteroatoms. The molecule has 4 aromatic rings. The number of aromatic hydroxyl groups is 1. The number of anilines is 1. The van der Waals surface area contributed by atoms with Gasteiger partial charge in [-0.2, -0.15) is 9.97 Å². The van der Waals surface area contributed by atoms with Crippen LogP contribution in [0.3, 0.4) is 0 Å². The van der Waals surface area contributed by atoms with Crippen molar-refractivity contribution in [1.29, 1.82) is 0 Å².